The standard InChI is InChI=1S/C11H15NO4S2/c13-17(14)7-6-11(9-17)18(15,16)12-8-10-4-2-1-3-5-10/h1-5,11-12H,6-9H2. The lowest BCUT2D eigenvalue weighted by molar-refractivity contribution is 0.568. The molecule has 1 unspecified atom stereocenters. The van der Waals surface area contributed by atoms with Crippen molar-refractivity contribution >= 4 is 19.9 Å². The summed E-state index contributed by atoms with van der Waals surface area (Å²) in [5.41, 5.74) is 0.849. The van der Waals surface area contributed by atoms with Crippen LogP contribution in [-0.2, 0) is 26.4 Å². The van der Waals surface area contributed by atoms with Crippen LogP contribution in [-0.4, -0.2) is 33.6 Å². The summed E-state index contributed by atoms with van der Waals surface area (Å²) in [7, 11) is -6.74. The topological polar surface area (TPSA) is 80.3 Å². The molecule has 0 radical (unpaired) electrons. The Morgan fingerprint density at radius 3 is 2.44 bits per heavy atom. The number of hydrogen-bond acceptors (Lipinski definition) is 4. The van der Waals surface area contributed by atoms with Gasteiger partial charge in [-0.1, -0.05) is 30.3 Å². The van der Waals surface area contributed by atoms with Gasteiger partial charge in [0.1, 0.15) is 0 Å². The fourth-order valence-corrected chi connectivity index (χ4v) is 5.97. The molecule has 2 rings (SSSR count). The molecule has 1 aromatic rings. The zero-order chi connectivity index (χ0) is 13.2. The molecule has 1 fully saturated rings. The Morgan fingerprint density at radius 2 is 1.89 bits per heavy atom. The number of sulfone groups is 1. The minimum absolute atomic E-state index is 0.0378. The summed E-state index contributed by atoms with van der Waals surface area (Å²) in [4.78, 5) is 0. The average molecular weight is 289 g/mol. The van der Waals surface area contributed by atoms with Crippen LogP contribution in [0, 0.1) is 0 Å². The third-order valence-electron chi connectivity index (χ3n) is 2.95. The molecule has 1 aliphatic heterocycles. The quantitative estimate of drug-likeness (QED) is 0.864. The second-order valence-corrected chi connectivity index (χ2v) is 8.65. The van der Waals surface area contributed by atoms with Crippen LogP contribution in [0.5, 0.6) is 0 Å². The van der Waals surface area contributed by atoms with Crippen molar-refractivity contribution in [2.45, 2.75) is 18.2 Å². The molecule has 1 heterocycles. The van der Waals surface area contributed by atoms with Crippen molar-refractivity contribution < 1.29 is 16.8 Å². The van der Waals surface area contributed by atoms with E-state index in [9.17, 15) is 16.8 Å². The summed E-state index contributed by atoms with van der Waals surface area (Å²) >= 11 is 0. The highest BCUT2D eigenvalue weighted by Crippen LogP contribution is 2.18. The van der Waals surface area contributed by atoms with Crippen LogP contribution < -0.4 is 4.72 Å². The zero-order valence-electron chi connectivity index (χ0n) is 9.74. The summed E-state index contributed by atoms with van der Waals surface area (Å²) in [6, 6.07) is 9.12. The Morgan fingerprint density at radius 1 is 1.22 bits per heavy atom. The van der Waals surface area contributed by atoms with E-state index in [0.29, 0.717) is 0 Å². The van der Waals surface area contributed by atoms with E-state index < -0.39 is 25.1 Å². The highest BCUT2D eigenvalue weighted by molar-refractivity contribution is 7.95. The summed E-state index contributed by atoms with van der Waals surface area (Å²) < 4.78 is 48.8. The molecular weight excluding hydrogens is 274 g/mol. The lowest BCUT2D eigenvalue weighted by Crippen LogP contribution is -2.34. The summed E-state index contributed by atoms with van der Waals surface area (Å²) in [5, 5.41) is -0.814. The van der Waals surface area contributed by atoms with E-state index in [4.69, 9.17) is 0 Å². The molecule has 100 valence electrons. The van der Waals surface area contributed by atoms with Gasteiger partial charge in [0.25, 0.3) is 0 Å². The van der Waals surface area contributed by atoms with Gasteiger partial charge in [0.15, 0.2) is 9.84 Å². The molecule has 7 heteroatoms. The zero-order valence-corrected chi connectivity index (χ0v) is 11.4. The third-order valence-corrected chi connectivity index (χ3v) is 6.76. The van der Waals surface area contributed by atoms with Crippen LogP contribution in [0.3, 0.4) is 0 Å². The van der Waals surface area contributed by atoms with Gasteiger partial charge in [-0.3, -0.25) is 0 Å². The number of nitrogens with one attached hydrogen (secondary N) is 1. The SMILES string of the molecule is O=S1(=O)CCC(S(=O)(=O)NCc2ccccc2)C1. The lowest BCUT2D eigenvalue weighted by atomic mass is 10.2. The first-order valence-electron chi connectivity index (χ1n) is 5.62. The van der Waals surface area contributed by atoms with E-state index in [1.807, 2.05) is 30.3 Å². The molecular formula is C11H15NO4S2. The van der Waals surface area contributed by atoms with Crippen molar-refractivity contribution in [1.29, 1.82) is 0 Å². The maximum Gasteiger partial charge on any atom is 0.215 e. The third kappa shape index (κ3) is 3.30. The van der Waals surface area contributed by atoms with Gasteiger partial charge in [-0.05, 0) is 12.0 Å². The Hall–Kier alpha value is -0.920. The molecule has 0 spiro atoms. The van der Waals surface area contributed by atoms with Gasteiger partial charge >= 0.3 is 0 Å². The Bertz CT molecular complexity index is 608. The first kappa shape index (κ1) is 13.5. The van der Waals surface area contributed by atoms with Crippen molar-refractivity contribution in [2.24, 2.45) is 0 Å². The Kier molecular flexibility index (Phi) is 3.74. The van der Waals surface area contributed by atoms with E-state index in [1.54, 1.807) is 0 Å². The lowest BCUT2D eigenvalue weighted by Gasteiger charge is -2.11. The van der Waals surface area contributed by atoms with E-state index in [2.05, 4.69) is 4.72 Å². The van der Waals surface area contributed by atoms with Gasteiger partial charge in [-0.25, -0.2) is 21.6 Å². The van der Waals surface area contributed by atoms with E-state index in [1.165, 1.54) is 0 Å². The number of hydrogen-bond donors (Lipinski definition) is 1. The van der Waals surface area contributed by atoms with E-state index in [0.717, 1.165) is 5.56 Å². The normalized spacial score (nSPS) is 23.0. The molecule has 0 aliphatic carbocycles. The Labute approximate surface area is 107 Å². The van der Waals surface area contributed by atoms with Crippen LogP contribution in [0.1, 0.15) is 12.0 Å². The number of rotatable bonds is 4. The molecule has 1 aliphatic rings. The van der Waals surface area contributed by atoms with Gasteiger partial charge in [-0.2, -0.15) is 0 Å². The molecule has 0 amide bonds. The monoisotopic (exact) mass is 289 g/mol. The molecule has 5 nitrogen and oxygen atoms in total. The molecule has 1 N–H and O–H groups in total. The van der Waals surface area contributed by atoms with Crippen molar-refractivity contribution in [3.63, 3.8) is 0 Å². The second-order valence-electron chi connectivity index (χ2n) is 4.38. The molecule has 1 atom stereocenters. The minimum Gasteiger partial charge on any atom is -0.229 e. The molecule has 0 aromatic heterocycles. The summed E-state index contributed by atoms with van der Waals surface area (Å²) in [6.07, 6.45) is 0.187. The molecule has 0 saturated carbocycles. The Balaban J connectivity index is 2.01. The fraction of sp³-hybridized carbons (Fsp3) is 0.455. The molecule has 1 aromatic carbocycles. The highest BCUT2D eigenvalue weighted by Gasteiger charge is 2.36. The van der Waals surface area contributed by atoms with Gasteiger partial charge < -0.3 is 0 Å². The smallest absolute Gasteiger partial charge is 0.215 e. The molecule has 1 saturated heterocycles. The van der Waals surface area contributed by atoms with Gasteiger partial charge in [0.05, 0.1) is 16.8 Å². The van der Waals surface area contributed by atoms with Gasteiger partial charge in [-0.15, -0.1) is 0 Å². The van der Waals surface area contributed by atoms with E-state index >= 15 is 0 Å². The summed E-state index contributed by atoms with van der Waals surface area (Å²) in [5.74, 6) is -0.305. The first-order chi connectivity index (χ1) is 8.39. The highest BCUT2D eigenvalue weighted by atomic mass is 32.2. The van der Waals surface area contributed by atoms with Crippen molar-refractivity contribution in [1.82, 2.24) is 4.72 Å². The minimum atomic E-state index is -3.56. The number of benzene rings is 1. The fourth-order valence-electron chi connectivity index (χ4n) is 1.90. The average Bonchev–Trinajstić information content (AvgIpc) is 2.69. The van der Waals surface area contributed by atoms with Gasteiger partial charge in [0.2, 0.25) is 10.0 Å². The van der Waals surface area contributed by atoms with Crippen LogP contribution in [0.2, 0.25) is 0 Å². The van der Waals surface area contributed by atoms with E-state index in [-0.39, 0.29) is 24.5 Å². The largest absolute Gasteiger partial charge is 0.229 e. The maximum atomic E-state index is 11.9. The predicted molar refractivity (Wildman–Crippen MR) is 69.3 cm³/mol. The number of sulfonamides is 1. The first-order valence-corrected chi connectivity index (χ1v) is 8.99. The van der Waals surface area contributed by atoms with Crippen LogP contribution in [0.4, 0.5) is 0 Å². The second kappa shape index (κ2) is 4.99. The van der Waals surface area contributed by atoms with Crippen molar-refractivity contribution in [3.8, 4) is 0 Å². The van der Waals surface area contributed by atoms with Crippen LogP contribution >= 0.6 is 0 Å². The van der Waals surface area contributed by atoms with Gasteiger partial charge in [0, 0.05) is 6.54 Å². The van der Waals surface area contributed by atoms with Crippen molar-refractivity contribution in [2.75, 3.05) is 11.5 Å². The van der Waals surface area contributed by atoms with Crippen LogP contribution in [0.15, 0.2) is 30.3 Å². The molecule has 0 bridgehead atoms. The summed E-state index contributed by atoms with van der Waals surface area (Å²) in [6.45, 7) is 0.194. The van der Waals surface area contributed by atoms with Crippen molar-refractivity contribution in [3.05, 3.63) is 35.9 Å². The molecule has 18 heavy (non-hydrogen) atoms. The predicted octanol–water partition coefficient (Wildman–Crippen LogP) is 0.293. The maximum absolute atomic E-state index is 11.9. The van der Waals surface area contributed by atoms with Crippen LogP contribution in [0.25, 0.3) is 0 Å².